The second-order valence-electron chi connectivity index (χ2n) is 6.13. The molecule has 1 saturated carbocycles. The van der Waals surface area contributed by atoms with Gasteiger partial charge in [0.1, 0.15) is 0 Å². The smallest absolute Gasteiger partial charge is 0.0823 e. The molecule has 0 spiro atoms. The average Bonchev–Trinajstić information content (AvgIpc) is 2.72. The molecule has 0 amide bonds. The minimum Gasteiger partial charge on any atom is -0.388 e. The van der Waals surface area contributed by atoms with Crippen molar-refractivity contribution < 1.29 is 5.11 Å². The standard InChI is InChI=1S/C15H20O/c1-15(2)9-13(15)14(16)12-7-6-10-4-3-5-11(10)8-12/h6-8,13-14,16H,3-5,9H2,1-2H3. The third kappa shape index (κ3) is 1.58. The molecule has 2 aliphatic rings. The van der Waals surface area contributed by atoms with Crippen molar-refractivity contribution in [1.29, 1.82) is 0 Å². The zero-order valence-corrected chi connectivity index (χ0v) is 10.2. The lowest BCUT2D eigenvalue weighted by atomic mass is 9.97. The van der Waals surface area contributed by atoms with Gasteiger partial charge in [-0.2, -0.15) is 0 Å². The lowest BCUT2D eigenvalue weighted by molar-refractivity contribution is 0.138. The van der Waals surface area contributed by atoms with Crippen molar-refractivity contribution in [3.8, 4) is 0 Å². The van der Waals surface area contributed by atoms with Gasteiger partial charge in [0.05, 0.1) is 6.10 Å². The van der Waals surface area contributed by atoms with Gasteiger partial charge in [-0.3, -0.25) is 0 Å². The molecule has 86 valence electrons. The summed E-state index contributed by atoms with van der Waals surface area (Å²) in [6.45, 7) is 4.49. The van der Waals surface area contributed by atoms with E-state index in [2.05, 4.69) is 32.0 Å². The summed E-state index contributed by atoms with van der Waals surface area (Å²) in [6, 6.07) is 6.58. The molecule has 0 aliphatic heterocycles. The summed E-state index contributed by atoms with van der Waals surface area (Å²) in [4.78, 5) is 0. The first kappa shape index (κ1) is 10.3. The van der Waals surface area contributed by atoms with Crippen molar-refractivity contribution in [2.45, 2.75) is 45.6 Å². The minimum atomic E-state index is -0.249. The highest BCUT2D eigenvalue weighted by Crippen LogP contribution is 2.57. The van der Waals surface area contributed by atoms with E-state index in [1.165, 1.54) is 30.4 Å². The molecule has 0 bridgehead atoms. The molecule has 3 rings (SSSR count). The van der Waals surface area contributed by atoms with Gasteiger partial charge in [0, 0.05) is 0 Å². The highest BCUT2D eigenvalue weighted by atomic mass is 16.3. The summed E-state index contributed by atoms with van der Waals surface area (Å²) in [5, 5.41) is 10.3. The van der Waals surface area contributed by atoms with Crippen molar-refractivity contribution in [2.24, 2.45) is 11.3 Å². The fourth-order valence-electron chi connectivity index (χ4n) is 3.05. The van der Waals surface area contributed by atoms with E-state index < -0.39 is 0 Å². The van der Waals surface area contributed by atoms with Crippen LogP contribution in [0.15, 0.2) is 18.2 Å². The van der Waals surface area contributed by atoms with Gasteiger partial charge in [0.25, 0.3) is 0 Å². The molecule has 1 N–H and O–H groups in total. The Morgan fingerprint density at radius 2 is 1.94 bits per heavy atom. The molecule has 0 aromatic heterocycles. The molecule has 1 nitrogen and oxygen atoms in total. The average molecular weight is 216 g/mol. The van der Waals surface area contributed by atoms with Gasteiger partial charge in [0.15, 0.2) is 0 Å². The molecule has 0 saturated heterocycles. The number of hydrogen-bond acceptors (Lipinski definition) is 1. The summed E-state index contributed by atoms with van der Waals surface area (Å²) >= 11 is 0. The van der Waals surface area contributed by atoms with E-state index in [4.69, 9.17) is 0 Å². The van der Waals surface area contributed by atoms with E-state index in [0.717, 1.165) is 12.0 Å². The highest BCUT2D eigenvalue weighted by Gasteiger charge is 2.50. The summed E-state index contributed by atoms with van der Waals surface area (Å²) in [7, 11) is 0. The molecule has 1 heteroatoms. The van der Waals surface area contributed by atoms with Gasteiger partial charge in [-0.05, 0) is 53.7 Å². The maximum atomic E-state index is 10.3. The fourth-order valence-corrected chi connectivity index (χ4v) is 3.05. The lowest BCUT2D eigenvalue weighted by Crippen LogP contribution is -2.05. The molecule has 2 unspecified atom stereocenters. The Labute approximate surface area is 97.5 Å². The van der Waals surface area contributed by atoms with Crippen LogP contribution in [0.25, 0.3) is 0 Å². The number of benzene rings is 1. The maximum Gasteiger partial charge on any atom is 0.0823 e. The Balaban J connectivity index is 1.85. The van der Waals surface area contributed by atoms with Crippen LogP contribution < -0.4 is 0 Å². The monoisotopic (exact) mass is 216 g/mol. The first-order valence-corrected chi connectivity index (χ1v) is 6.38. The van der Waals surface area contributed by atoms with E-state index in [1.807, 2.05) is 0 Å². The van der Waals surface area contributed by atoms with E-state index in [0.29, 0.717) is 11.3 Å². The molecule has 1 aromatic carbocycles. The quantitative estimate of drug-likeness (QED) is 0.804. The zero-order chi connectivity index (χ0) is 11.3. The Morgan fingerprint density at radius 3 is 2.62 bits per heavy atom. The fraction of sp³-hybridized carbons (Fsp3) is 0.600. The van der Waals surface area contributed by atoms with Crippen LogP contribution in [0.4, 0.5) is 0 Å². The summed E-state index contributed by atoms with van der Waals surface area (Å²) in [5.74, 6) is 0.465. The van der Waals surface area contributed by atoms with Crippen molar-refractivity contribution >= 4 is 0 Å². The molecule has 1 aromatic rings. The molecule has 2 aliphatic carbocycles. The third-order valence-electron chi connectivity index (χ3n) is 4.43. The van der Waals surface area contributed by atoms with Crippen molar-refractivity contribution in [2.75, 3.05) is 0 Å². The Bertz CT molecular complexity index is 419. The Kier molecular flexibility index (Phi) is 2.16. The number of fused-ring (bicyclic) bond motifs is 1. The van der Waals surface area contributed by atoms with Crippen LogP contribution in [-0.4, -0.2) is 5.11 Å². The SMILES string of the molecule is CC1(C)CC1C(O)c1ccc2c(c1)CCC2. The second-order valence-corrected chi connectivity index (χ2v) is 6.13. The van der Waals surface area contributed by atoms with Crippen LogP contribution in [0, 0.1) is 11.3 Å². The van der Waals surface area contributed by atoms with Gasteiger partial charge < -0.3 is 5.11 Å². The lowest BCUT2D eigenvalue weighted by Gasteiger charge is -2.14. The van der Waals surface area contributed by atoms with E-state index >= 15 is 0 Å². The van der Waals surface area contributed by atoms with E-state index in [-0.39, 0.29) is 6.10 Å². The normalized spacial score (nSPS) is 27.6. The summed E-state index contributed by atoms with van der Waals surface area (Å²) in [5.41, 5.74) is 4.44. The van der Waals surface area contributed by atoms with Gasteiger partial charge in [-0.25, -0.2) is 0 Å². The van der Waals surface area contributed by atoms with E-state index in [1.54, 1.807) is 0 Å². The number of aliphatic hydroxyl groups is 1. The first-order valence-electron chi connectivity index (χ1n) is 6.38. The van der Waals surface area contributed by atoms with Crippen molar-refractivity contribution in [1.82, 2.24) is 0 Å². The van der Waals surface area contributed by atoms with Gasteiger partial charge in [0.2, 0.25) is 0 Å². The zero-order valence-electron chi connectivity index (χ0n) is 10.2. The summed E-state index contributed by atoms with van der Waals surface area (Å²) in [6.07, 6.45) is 4.61. The first-order chi connectivity index (χ1) is 7.58. The Hall–Kier alpha value is -0.820. The van der Waals surface area contributed by atoms with Crippen molar-refractivity contribution in [3.05, 3.63) is 34.9 Å². The van der Waals surface area contributed by atoms with Gasteiger partial charge in [-0.15, -0.1) is 0 Å². The number of hydrogen-bond donors (Lipinski definition) is 1. The molecule has 16 heavy (non-hydrogen) atoms. The van der Waals surface area contributed by atoms with Crippen LogP contribution in [-0.2, 0) is 12.8 Å². The predicted octanol–water partition coefficient (Wildman–Crippen LogP) is 3.25. The third-order valence-corrected chi connectivity index (χ3v) is 4.43. The highest BCUT2D eigenvalue weighted by molar-refractivity contribution is 5.36. The van der Waals surface area contributed by atoms with Gasteiger partial charge >= 0.3 is 0 Å². The molecule has 1 fully saturated rings. The topological polar surface area (TPSA) is 20.2 Å². The molecular weight excluding hydrogens is 196 g/mol. The molecular formula is C15H20O. The molecule has 0 radical (unpaired) electrons. The van der Waals surface area contributed by atoms with Crippen LogP contribution >= 0.6 is 0 Å². The summed E-state index contributed by atoms with van der Waals surface area (Å²) < 4.78 is 0. The number of aryl methyl sites for hydroxylation is 2. The minimum absolute atomic E-state index is 0.249. The van der Waals surface area contributed by atoms with Crippen molar-refractivity contribution in [3.63, 3.8) is 0 Å². The molecule has 0 heterocycles. The van der Waals surface area contributed by atoms with Crippen LogP contribution in [0.3, 0.4) is 0 Å². The van der Waals surface area contributed by atoms with Gasteiger partial charge in [-0.1, -0.05) is 32.0 Å². The van der Waals surface area contributed by atoms with E-state index in [9.17, 15) is 5.11 Å². The van der Waals surface area contributed by atoms with Crippen LogP contribution in [0.1, 0.15) is 49.5 Å². The number of aliphatic hydroxyl groups excluding tert-OH is 1. The van der Waals surface area contributed by atoms with Crippen LogP contribution in [0.2, 0.25) is 0 Å². The largest absolute Gasteiger partial charge is 0.388 e. The van der Waals surface area contributed by atoms with Crippen LogP contribution in [0.5, 0.6) is 0 Å². The second kappa shape index (κ2) is 3.33. The predicted molar refractivity (Wildman–Crippen MR) is 65.3 cm³/mol. The maximum absolute atomic E-state index is 10.3. The molecule has 2 atom stereocenters. The Morgan fingerprint density at radius 1 is 1.25 bits per heavy atom. The number of rotatable bonds is 2.